The number of aromatic nitrogens is 4. The van der Waals surface area contributed by atoms with Crippen molar-refractivity contribution in [3.8, 4) is 0 Å². The van der Waals surface area contributed by atoms with Crippen molar-refractivity contribution in [1.29, 1.82) is 0 Å². The van der Waals surface area contributed by atoms with E-state index in [9.17, 15) is 0 Å². The molecule has 80 valence electrons. The van der Waals surface area contributed by atoms with Gasteiger partial charge in [0.1, 0.15) is 23.8 Å². The second kappa shape index (κ2) is 3.79. The fourth-order valence-corrected chi connectivity index (χ4v) is 1.34. The standard InChI is InChI=1S/C8H12N6O/c1-15-4(2-9)7-13-5-6(10)11-3-12-8(5)14-7/h3-4H,2,9H2,1H3,(H3,10,11,12,13,14). The summed E-state index contributed by atoms with van der Waals surface area (Å²) in [6, 6.07) is 0. The molecule has 0 aromatic carbocycles. The molecule has 0 saturated carbocycles. The Balaban J connectivity index is 2.51. The highest BCUT2D eigenvalue weighted by atomic mass is 16.5. The smallest absolute Gasteiger partial charge is 0.183 e. The molecule has 0 spiro atoms. The molecule has 0 aliphatic heterocycles. The van der Waals surface area contributed by atoms with Gasteiger partial charge in [-0.15, -0.1) is 0 Å². The van der Waals surface area contributed by atoms with E-state index in [2.05, 4.69) is 19.9 Å². The van der Waals surface area contributed by atoms with Crippen LogP contribution < -0.4 is 11.5 Å². The molecule has 1 unspecified atom stereocenters. The Morgan fingerprint density at radius 1 is 1.53 bits per heavy atom. The minimum atomic E-state index is -0.279. The van der Waals surface area contributed by atoms with Gasteiger partial charge in [0, 0.05) is 13.7 Å². The number of hydrogen-bond donors (Lipinski definition) is 3. The van der Waals surface area contributed by atoms with Gasteiger partial charge in [-0.3, -0.25) is 0 Å². The average molecular weight is 208 g/mol. The van der Waals surface area contributed by atoms with Gasteiger partial charge in [0.05, 0.1) is 0 Å². The number of nitrogens with two attached hydrogens (primary N) is 2. The van der Waals surface area contributed by atoms with Gasteiger partial charge in [-0.2, -0.15) is 0 Å². The fraction of sp³-hybridized carbons (Fsp3) is 0.375. The Labute approximate surface area is 85.9 Å². The van der Waals surface area contributed by atoms with E-state index in [0.717, 1.165) is 0 Å². The number of ether oxygens (including phenoxy) is 1. The van der Waals surface area contributed by atoms with E-state index in [-0.39, 0.29) is 6.10 Å². The van der Waals surface area contributed by atoms with Crippen molar-refractivity contribution < 1.29 is 4.74 Å². The third-order valence-electron chi connectivity index (χ3n) is 2.14. The van der Waals surface area contributed by atoms with Crippen LogP contribution in [0.3, 0.4) is 0 Å². The van der Waals surface area contributed by atoms with Crippen molar-refractivity contribution in [2.45, 2.75) is 6.10 Å². The van der Waals surface area contributed by atoms with Crippen molar-refractivity contribution in [1.82, 2.24) is 19.9 Å². The number of fused-ring (bicyclic) bond motifs is 1. The average Bonchev–Trinajstić information content (AvgIpc) is 2.65. The Kier molecular flexibility index (Phi) is 2.48. The summed E-state index contributed by atoms with van der Waals surface area (Å²) < 4.78 is 5.15. The van der Waals surface area contributed by atoms with E-state index >= 15 is 0 Å². The summed E-state index contributed by atoms with van der Waals surface area (Å²) in [6.45, 7) is 0.337. The molecular formula is C8H12N6O. The number of nitrogens with one attached hydrogen (secondary N) is 1. The van der Waals surface area contributed by atoms with Crippen LogP contribution >= 0.6 is 0 Å². The van der Waals surface area contributed by atoms with Crippen molar-refractivity contribution in [3.63, 3.8) is 0 Å². The summed E-state index contributed by atoms with van der Waals surface area (Å²) in [4.78, 5) is 15.1. The molecule has 1 atom stereocenters. The lowest BCUT2D eigenvalue weighted by Crippen LogP contribution is -2.15. The molecule has 5 N–H and O–H groups in total. The van der Waals surface area contributed by atoms with Gasteiger partial charge in [0.2, 0.25) is 0 Å². The maximum Gasteiger partial charge on any atom is 0.183 e. The zero-order valence-electron chi connectivity index (χ0n) is 8.27. The lowest BCUT2D eigenvalue weighted by atomic mass is 10.3. The predicted octanol–water partition coefficient (Wildman–Crippen LogP) is -0.419. The summed E-state index contributed by atoms with van der Waals surface area (Å²) in [5, 5.41) is 0. The van der Waals surface area contributed by atoms with E-state index in [1.807, 2.05) is 0 Å². The second-order valence-electron chi connectivity index (χ2n) is 3.04. The van der Waals surface area contributed by atoms with E-state index in [0.29, 0.717) is 29.4 Å². The zero-order chi connectivity index (χ0) is 10.8. The van der Waals surface area contributed by atoms with Crippen LogP contribution in [0, 0.1) is 0 Å². The van der Waals surface area contributed by atoms with Gasteiger partial charge >= 0.3 is 0 Å². The summed E-state index contributed by atoms with van der Waals surface area (Å²) in [5.41, 5.74) is 12.3. The van der Waals surface area contributed by atoms with Crippen LogP contribution in [-0.2, 0) is 4.74 Å². The third-order valence-corrected chi connectivity index (χ3v) is 2.14. The Morgan fingerprint density at radius 2 is 2.33 bits per heavy atom. The molecule has 7 heteroatoms. The first kappa shape index (κ1) is 9.81. The Morgan fingerprint density at radius 3 is 2.93 bits per heavy atom. The molecule has 15 heavy (non-hydrogen) atoms. The molecule has 0 saturated heterocycles. The van der Waals surface area contributed by atoms with Crippen LogP contribution in [0.1, 0.15) is 11.9 Å². The number of rotatable bonds is 3. The van der Waals surface area contributed by atoms with Crippen LogP contribution in [0.25, 0.3) is 11.2 Å². The predicted molar refractivity (Wildman–Crippen MR) is 54.9 cm³/mol. The number of aromatic amines is 1. The highest BCUT2D eigenvalue weighted by molar-refractivity contribution is 5.81. The van der Waals surface area contributed by atoms with Crippen molar-refractivity contribution in [3.05, 3.63) is 12.2 Å². The summed E-state index contributed by atoms with van der Waals surface area (Å²) >= 11 is 0. The van der Waals surface area contributed by atoms with E-state index in [1.165, 1.54) is 6.33 Å². The molecule has 0 aliphatic rings. The number of nitrogens with zero attached hydrogens (tertiary/aromatic N) is 3. The van der Waals surface area contributed by atoms with Crippen molar-refractivity contribution in [2.75, 3.05) is 19.4 Å². The molecule has 2 heterocycles. The van der Waals surface area contributed by atoms with Gasteiger partial charge < -0.3 is 21.2 Å². The summed E-state index contributed by atoms with van der Waals surface area (Å²) in [7, 11) is 1.57. The number of hydrogen-bond acceptors (Lipinski definition) is 6. The van der Waals surface area contributed by atoms with E-state index in [4.69, 9.17) is 16.2 Å². The van der Waals surface area contributed by atoms with Gasteiger partial charge in [0.25, 0.3) is 0 Å². The molecule has 0 radical (unpaired) electrons. The quantitative estimate of drug-likeness (QED) is 0.631. The van der Waals surface area contributed by atoms with Crippen LogP contribution in [0.15, 0.2) is 6.33 Å². The fourth-order valence-electron chi connectivity index (χ4n) is 1.34. The first-order chi connectivity index (χ1) is 7.26. The zero-order valence-corrected chi connectivity index (χ0v) is 8.27. The molecule has 7 nitrogen and oxygen atoms in total. The highest BCUT2D eigenvalue weighted by Gasteiger charge is 2.15. The van der Waals surface area contributed by atoms with Gasteiger partial charge in [0.15, 0.2) is 11.5 Å². The van der Waals surface area contributed by atoms with Gasteiger partial charge in [-0.25, -0.2) is 15.0 Å². The van der Waals surface area contributed by atoms with Crippen LogP contribution in [0.5, 0.6) is 0 Å². The van der Waals surface area contributed by atoms with Crippen LogP contribution in [0.2, 0.25) is 0 Å². The SMILES string of the molecule is COC(CN)c1nc2ncnc(N)c2[nH]1. The molecule has 0 fully saturated rings. The molecular weight excluding hydrogens is 196 g/mol. The number of methoxy groups -OCH3 is 1. The van der Waals surface area contributed by atoms with E-state index in [1.54, 1.807) is 7.11 Å². The number of H-pyrrole nitrogens is 1. The first-order valence-electron chi connectivity index (χ1n) is 4.45. The lowest BCUT2D eigenvalue weighted by molar-refractivity contribution is 0.104. The largest absolute Gasteiger partial charge is 0.382 e. The molecule has 2 aromatic heterocycles. The molecule has 0 aliphatic carbocycles. The first-order valence-corrected chi connectivity index (χ1v) is 4.45. The van der Waals surface area contributed by atoms with Crippen molar-refractivity contribution in [2.24, 2.45) is 5.73 Å². The molecule has 0 amide bonds. The number of anilines is 1. The van der Waals surface area contributed by atoms with E-state index < -0.39 is 0 Å². The molecule has 0 bridgehead atoms. The number of imidazole rings is 1. The maximum atomic E-state index is 5.66. The second-order valence-corrected chi connectivity index (χ2v) is 3.04. The molecule has 2 aromatic rings. The Bertz CT molecular complexity index is 463. The van der Waals surface area contributed by atoms with Crippen molar-refractivity contribution >= 4 is 17.0 Å². The van der Waals surface area contributed by atoms with Gasteiger partial charge in [-0.1, -0.05) is 0 Å². The normalized spacial score (nSPS) is 13.2. The minimum Gasteiger partial charge on any atom is -0.382 e. The number of nitrogen functional groups attached to an aromatic ring is 1. The monoisotopic (exact) mass is 208 g/mol. The van der Waals surface area contributed by atoms with Gasteiger partial charge in [-0.05, 0) is 0 Å². The minimum absolute atomic E-state index is 0.279. The third kappa shape index (κ3) is 1.62. The maximum absolute atomic E-state index is 5.66. The Hall–Kier alpha value is -1.73. The van der Waals surface area contributed by atoms with Crippen LogP contribution in [0.4, 0.5) is 5.82 Å². The molecule has 2 rings (SSSR count). The highest BCUT2D eigenvalue weighted by Crippen LogP contribution is 2.18. The van der Waals surface area contributed by atoms with Crippen LogP contribution in [-0.4, -0.2) is 33.6 Å². The topological polar surface area (TPSA) is 116 Å². The summed E-state index contributed by atoms with van der Waals surface area (Å²) in [5.74, 6) is 0.979. The summed E-state index contributed by atoms with van der Waals surface area (Å²) in [6.07, 6.45) is 1.09. The lowest BCUT2D eigenvalue weighted by Gasteiger charge is -2.08.